The first-order chi connectivity index (χ1) is 9.92. The number of halogens is 1. The number of hydrogen-bond donors (Lipinski definition) is 2. The quantitative estimate of drug-likeness (QED) is 0.832. The molecule has 0 aliphatic rings. The molecule has 112 valence electrons. The van der Waals surface area contributed by atoms with Crippen LogP contribution < -0.4 is 15.2 Å². The SMILES string of the molecule is CCOc1ccc(NS(=O)(=O)c2ccc(N)cc2)cc1F. The Labute approximate surface area is 122 Å². The first-order valence-corrected chi connectivity index (χ1v) is 7.71. The Morgan fingerprint density at radius 1 is 1.19 bits per heavy atom. The molecule has 0 saturated heterocycles. The van der Waals surface area contributed by atoms with Crippen molar-refractivity contribution >= 4 is 21.4 Å². The third-order valence-corrected chi connectivity index (χ3v) is 4.07. The summed E-state index contributed by atoms with van der Waals surface area (Å²) >= 11 is 0. The van der Waals surface area contributed by atoms with Gasteiger partial charge < -0.3 is 10.5 Å². The van der Waals surface area contributed by atoms with E-state index < -0.39 is 15.8 Å². The molecule has 0 amide bonds. The summed E-state index contributed by atoms with van der Waals surface area (Å²) in [4.78, 5) is 0.0472. The largest absolute Gasteiger partial charge is 0.491 e. The zero-order valence-corrected chi connectivity index (χ0v) is 12.2. The van der Waals surface area contributed by atoms with Crippen molar-refractivity contribution in [1.82, 2.24) is 0 Å². The Bertz CT molecular complexity index is 730. The highest BCUT2D eigenvalue weighted by molar-refractivity contribution is 7.92. The fourth-order valence-electron chi connectivity index (χ4n) is 1.70. The van der Waals surface area contributed by atoms with Crippen LogP contribution in [-0.4, -0.2) is 15.0 Å². The molecule has 3 N–H and O–H groups in total. The Kier molecular flexibility index (Phi) is 4.32. The van der Waals surface area contributed by atoms with Gasteiger partial charge in [0, 0.05) is 11.8 Å². The molecule has 5 nitrogen and oxygen atoms in total. The third-order valence-electron chi connectivity index (χ3n) is 2.67. The molecule has 21 heavy (non-hydrogen) atoms. The van der Waals surface area contributed by atoms with Gasteiger partial charge in [0.05, 0.1) is 17.2 Å². The second-order valence-corrected chi connectivity index (χ2v) is 5.94. The first-order valence-electron chi connectivity index (χ1n) is 6.23. The number of rotatable bonds is 5. The van der Waals surface area contributed by atoms with Crippen LogP contribution in [0.1, 0.15) is 6.92 Å². The lowest BCUT2D eigenvalue weighted by Gasteiger charge is -2.10. The molecule has 0 saturated carbocycles. The van der Waals surface area contributed by atoms with Gasteiger partial charge in [0.1, 0.15) is 0 Å². The minimum Gasteiger partial charge on any atom is -0.491 e. The second-order valence-electron chi connectivity index (χ2n) is 4.25. The van der Waals surface area contributed by atoms with Gasteiger partial charge in [-0.15, -0.1) is 0 Å². The highest BCUT2D eigenvalue weighted by atomic mass is 32.2. The molecule has 0 radical (unpaired) electrons. The van der Waals surface area contributed by atoms with E-state index in [2.05, 4.69) is 4.72 Å². The highest BCUT2D eigenvalue weighted by Gasteiger charge is 2.15. The lowest BCUT2D eigenvalue weighted by atomic mass is 10.3. The van der Waals surface area contributed by atoms with Gasteiger partial charge in [-0.05, 0) is 43.3 Å². The van der Waals surface area contributed by atoms with E-state index in [1.807, 2.05) is 0 Å². The Morgan fingerprint density at radius 3 is 2.43 bits per heavy atom. The number of nitrogens with two attached hydrogens (primary N) is 1. The molecule has 0 aromatic heterocycles. The van der Waals surface area contributed by atoms with E-state index in [0.29, 0.717) is 12.3 Å². The molecule has 2 aromatic rings. The maximum Gasteiger partial charge on any atom is 0.261 e. The minimum atomic E-state index is -3.79. The number of hydrogen-bond acceptors (Lipinski definition) is 4. The van der Waals surface area contributed by atoms with Crippen LogP contribution in [0.25, 0.3) is 0 Å². The summed E-state index contributed by atoms with van der Waals surface area (Å²) in [5.74, 6) is -0.553. The molecule has 0 aliphatic carbocycles. The van der Waals surface area contributed by atoms with E-state index in [1.54, 1.807) is 6.92 Å². The van der Waals surface area contributed by atoms with Crippen LogP contribution in [0.5, 0.6) is 5.75 Å². The Balaban J connectivity index is 2.24. The number of anilines is 2. The molecule has 0 atom stereocenters. The molecule has 2 aromatic carbocycles. The van der Waals surface area contributed by atoms with Crippen molar-refractivity contribution in [2.45, 2.75) is 11.8 Å². The van der Waals surface area contributed by atoms with Crippen LogP contribution in [-0.2, 0) is 10.0 Å². The topological polar surface area (TPSA) is 81.4 Å². The highest BCUT2D eigenvalue weighted by Crippen LogP contribution is 2.23. The molecule has 0 heterocycles. The molecule has 0 bridgehead atoms. The average molecular weight is 310 g/mol. The van der Waals surface area contributed by atoms with Crippen LogP contribution in [0, 0.1) is 5.82 Å². The molecule has 0 spiro atoms. The van der Waals surface area contributed by atoms with Crippen molar-refractivity contribution in [3.8, 4) is 5.75 Å². The van der Waals surface area contributed by atoms with Gasteiger partial charge in [0.15, 0.2) is 11.6 Å². The van der Waals surface area contributed by atoms with E-state index in [4.69, 9.17) is 10.5 Å². The number of benzene rings is 2. The lowest BCUT2D eigenvalue weighted by Crippen LogP contribution is -2.13. The van der Waals surface area contributed by atoms with E-state index in [9.17, 15) is 12.8 Å². The third kappa shape index (κ3) is 3.63. The van der Waals surface area contributed by atoms with Crippen molar-refractivity contribution in [2.24, 2.45) is 0 Å². The summed E-state index contributed by atoms with van der Waals surface area (Å²) in [5.41, 5.74) is 6.09. The normalized spacial score (nSPS) is 11.1. The summed E-state index contributed by atoms with van der Waals surface area (Å²) in [7, 11) is -3.79. The standard InChI is InChI=1S/C14H15FN2O3S/c1-2-20-14-8-5-11(9-13(14)15)17-21(18,19)12-6-3-10(16)4-7-12/h3-9,17H,2,16H2,1H3. The summed E-state index contributed by atoms with van der Waals surface area (Å²) in [5, 5.41) is 0. The minimum absolute atomic E-state index is 0.0472. The van der Waals surface area contributed by atoms with Gasteiger partial charge in [-0.2, -0.15) is 0 Å². The fourth-order valence-corrected chi connectivity index (χ4v) is 2.75. The van der Waals surface area contributed by atoms with Crippen LogP contribution in [0.2, 0.25) is 0 Å². The number of sulfonamides is 1. The number of nitrogen functional groups attached to an aromatic ring is 1. The van der Waals surface area contributed by atoms with Crippen LogP contribution in [0.15, 0.2) is 47.4 Å². The van der Waals surface area contributed by atoms with Crippen molar-refractivity contribution in [1.29, 1.82) is 0 Å². The maximum absolute atomic E-state index is 13.7. The average Bonchev–Trinajstić information content (AvgIpc) is 2.42. The van der Waals surface area contributed by atoms with Crippen molar-refractivity contribution in [3.63, 3.8) is 0 Å². The molecule has 0 unspecified atom stereocenters. The van der Waals surface area contributed by atoms with Crippen molar-refractivity contribution < 1.29 is 17.5 Å². The van der Waals surface area contributed by atoms with Crippen molar-refractivity contribution in [3.05, 3.63) is 48.3 Å². The Morgan fingerprint density at radius 2 is 1.86 bits per heavy atom. The molecule has 7 heteroatoms. The van der Waals surface area contributed by atoms with Gasteiger partial charge in [0.2, 0.25) is 0 Å². The van der Waals surface area contributed by atoms with Crippen molar-refractivity contribution in [2.75, 3.05) is 17.1 Å². The number of nitrogens with one attached hydrogen (secondary N) is 1. The van der Waals surface area contributed by atoms with Gasteiger partial charge in [-0.25, -0.2) is 12.8 Å². The summed E-state index contributed by atoms with van der Waals surface area (Å²) < 4.78 is 45.3. The molecular formula is C14H15FN2O3S. The van der Waals surface area contributed by atoms with E-state index in [-0.39, 0.29) is 16.3 Å². The van der Waals surface area contributed by atoms with Crippen LogP contribution >= 0.6 is 0 Å². The predicted octanol–water partition coefficient (Wildman–Crippen LogP) is 2.61. The smallest absolute Gasteiger partial charge is 0.261 e. The van der Waals surface area contributed by atoms with E-state index >= 15 is 0 Å². The van der Waals surface area contributed by atoms with Gasteiger partial charge in [-0.1, -0.05) is 0 Å². The molecular weight excluding hydrogens is 295 g/mol. The maximum atomic E-state index is 13.7. The molecule has 2 rings (SSSR count). The molecule has 0 fully saturated rings. The van der Waals surface area contributed by atoms with Gasteiger partial charge in [0.25, 0.3) is 10.0 Å². The zero-order valence-electron chi connectivity index (χ0n) is 11.3. The summed E-state index contributed by atoms with van der Waals surface area (Å²) in [6.07, 6.45) is 0. The second kappa shape index (κ2) is 6.01. The summed E-state index contributed by atoms with van der Waals surface area (Å²) in [6, 6.07) is 9.59. The fraction of sp³-hybridized carbons (Fsp3) is 0.143. The van der Waals surface area contributed by atoms with E-state index in [0.717, 1.165) is 6.07 Å². The predicted molar refractivity (Wildman–Crippen MR) is 79.2 cm³/mol. The van der Waals surface area contributed by atoms with E-state index in [1.165, 1.54) is 36.4 Å². The monoisotopic (exact) mass is 310 g/mol. The van der Waals surface area contributed by atoms with Crippen LogP contribution in [0.3, 0.4) is 0 Å². The molecule has 0 aliphatic heterocycles. The number of ether oxygens (including phenoxy) is 1. The Hall–Kier alpha value is -2.28. The lowest BCUT2D eigenvalue weighted by molar-refractivity contribution is 0.321. The first kappa shape index (κ1) is 15.1. The van der Waals surface area contributed by atoms with Gasteiger partial charge >= 0.3 is 0 Å². The van der Waals surface area contributed by atoms with Gasteiger partial charge in [-0.3, -0.25) is 4.72 Å². The summed E-state index contributed by atoms with van der Waals surface area (Å²) in [6.45, 7) is 2.06. The zero-order chi connectivity index (χ0) is 15.5. The van der Waals surface area contributed by atoms with Crippen LogP contribution in [0.4, 0.5) is 15.8 Å².